The lowest BCUT2D eigenvalue weighted by molar-refractivity contribution is 0.201. The average Bonchev–Trinajstić information content (AvgIpc) is 2.31. The van der Waals surface area contributed by atoms with Crippen molar-refractivity contribution in [3.05, 3.63) is 34.4 Å². The average molecular weight is 251 g/mol. The summed E-state index contributed by atoms with van der Waals surface area (Å²) in [6, 6.07) is 4.42. The van der Waals surface area contributed by atoms with Gasteiger partial charge in [-0.15, -0.1) is 0 Å². The Morgan fingerprint density at radius 1 is 1.11 bits per heavy atom. The predicted molar refractivity (Wildman–Crippen MR) is 74.9 cm³/mol. The van der Waals surface area contributed by atoms with Crippen LogP contribution in [0.4, 0.5) is 0 Å². The van der Waals surface area contributed by atoms with Crippen LogP contribution >= 0.6 is 0 Å². The number of aryl methyl sites for hydroxylation is 3. The Bertz CT molecular complexity index is 354. The molecule has 0 saturated heterocycles. The lowest BCUT2D eigenvalue weighted by atomic mass is 9.97. The van der Waals surface area contributed by atoms with Gasteiger partial charge in [-0.3, -0.25) is 0 Å². The number of rotatable bonds is 7. The molecule has 0 aliphatic heterocycles. The molecule has 0 fully saturated rings. The first-order chi connectivity index (χ1) is 8.58. The van der Waals surface area contributed by atoms with Crippen molar-refractivity contribution in [2.24, 2.45) is 0 Å². The van der Waals surface area contributed by atoms with Crippen molar-refractivity contribution in [1.82, 2.24) is 5.32 Å². The van der Waals surface area contributed by atoms with Crippen LogP contribution in [0.15, 0.2) is 12.1 Å². The summed E-state index contributed by atoms with van der Waals surface area (Å²) in [7, 11) is 0. The molecule has 1 aromatic carbocycles. The number of hydrogen-bond acceptors (Lipinski definition) is 3. The molecule has 0 spiro atoms. The Labute approximate surface area is 110 Å². The molecule has 0 bridgehead atoms. The number of nitrogens with one attached hydrogen (secondary N) is 1. The summed E-state index contributed by atoms with van der Waals surface area (Å²) in [5, 5.41) is 21.3. The lowest BCUT2D eigenvalue weighted by Gasteiger charge is -2.16. The fraction of sp³-hybridized carbons (Fsp3) is 0.600. The topological polar surface area (TPSA) is 52.5 Å². The zero-order valence-electron chi connectivity index (χ0n) is 11.7. The molecule has 0 aromatic heterocycles. The molecule has 0 aliphatic carbocycles. The third kappa shape index (κ3) is 4.41. The molecule has 0 saturated carbocycles. The summed E-state index contributed by atoms with van der Waals surface area (Å²) < 4.78 is 0. The van der Waals surface area contributed by atoms with Crippen molar-refractivity contribution < 1.29 is 10.2 Å². The highest BCUT2D eigenvalue weighted by Gasteiger charge is 2.07. The molecule has 18 heavy (non-hydrogen) atoms. The molecule has 3 N–H and O–H groups in total. The standard InChI is InChI=1S/C15H25NO2/c1-11-8-12(2)15(13(3)9-11)4-6-16-14(10-18)5-7-17/h8-9,14,16-18H,4-7,10H2,1-3H3. The van der Waals surface area contributed by atoms with Gasteiger partial charge in [0, 0.05) is 12.6 Å². The number of aliphatic hydroxyl groups excluding tert-OH is 2. The maximum atomic E-state index is 9.13. The summed E-state index contributed by atoms with van der Waals surface area (Å²) in [6.45, 7) is 7.42. The first kappa shape index (κ1) is 15.2. The second-order valence-electron chi connectivity index (χ2n) is 4.97. The molecule has 1 aromatic rings. The molecular weight excluding hydrogens is 226 g/mol. The molecule has 102 valence electrons. The minimum Gasteiger partial charge on any atom is -0.396 e. The first-order valence-corrected chi connectivity index (χ1v) is 6.60. The molecule has 0 amide bonds. The second-order valence-corrected chi connectivity index (χ2v) is 4.97. The van der Waals surface area contributed by atoms with E-state index in [0.29, 0.717) is 6.42 Å². The molecule has 1 atom stereocenters. The van der Waals surface area contributed by atoms with Crippen molar-refractivity contribution in [2.45, 2.75) is 39.7 Å². The third-order valence-corrected chi connectivity index (χ3v) is 3.35. The van der Waals surface area contributed by atoms with Crippen LogP contribution in [0.1, 0.15) is 28.7 Å². The van der Waals surface area contributed by atoms with Crippen LogP contribution in [0.2, 0.25) is 0 Å². The minimum absolute atomic E-state index is 0.000982. The Balaban J connectivity index is 2.53. The van der Waals surface area contributed by atoms with Gasteiger partial charge >= 0.3 is 0 Å². The van der Waals surface area contributed by atoms with Gasteiger partial charge in [-0.25, -0.2) is 0 Å². The van der Waals surface area contributed by atoms with E-state index >= 15 is 0 Å². The van der Waals surface area contributed by atoms with E-state index in [4.69, 9.17) is 10.2 Å². The van der Waals surface area contributed by atoms with Gasteiger partial charge in [-0.1, -0.05) is 17.7 Å². The van der Waals surface area contributed by atoms with E-state index in [1.54, 1.807) is 0 Å². The van der Waals surface area contributed by atoms with Gasteiger partial charge in [0.1, 0.15) is 0 Å². The summed E-state index contributed by atoms with van der Waals surface area (Å²) >= 11 is 0. The Morgan fingerprint density at radius 3 is 2.22 bits per heavy atom. The van der Waals surface area contributed by atoms with Crippen LogP contribution in [0, 0.1) is 20.8 Å². The van der Waals surface area contributed by atoms with Crippen LogP contribution in [-0.4, -0.2) is 36.0 Å². The maximum Gasteiger partial charge on any atom is 0.0585 e. The number of hydrogen-bond donors (Lipinski definition) is 3. The fourth-order valence-electron chi connectivity index (χ4n) is 2.42. The second kappa shape index (κ2) is 7.52. The summed E-state index contributed by atoms with van der Waals surface area (Å²) in [4.78, 5) is 0. The SMILES string of the molecule is Cc1cc(C)c(CCNC(CO)CCO)c(C)c1. The van der Waals surface area contributed by atoms with E-state index in [9.17, 15) is 0 Å². The summed E-state index contributed by atoms with van der Waals surface area (Å²) in [6.07, 6.45) is 1.56. The molecule has 0 heterocycles. The van der Waals surface area contributed by atoms with Gasteiger partial charge in [-0.05, 0) is 56.8 Å². The monoisotopic (exact) mass is 251 g/mol. The summed E-state index contributed by atoms with van der Waals surface area (Å²) in [5.41, 5.74) is 5.35. The van der Waals surface area contributed by atoms with Crippen molar-refractivity contribution in [3.8, 4) is 0 Å². The van der Waals surface area contributed by atoms with E-state index in [2.05, 4.69) is 38.2 Å². The maximum absolute atomic E-state index is 9.13. The quantitative estimate of drug-likeness (QED) is 0.688. The Kier molecular flexibility index (Phi) is 6.33. The number of benzene rings is 1. The van der Waals surface area contributed by atoms with Crippen molar-refractivity contribution in [2.75, 3.05) is 19.8 Å². The third-order valence-electron chi connectivity index (χ3n) is 3.35. The van der Waals surface area contributed by atoms with E-state index < -0.39 is 0 Å². The normalized spacial score (nSPS) is 12.7. The van der Waals surface area contributed by atoms with Crippen molar-refractivity contribution >= 4 is 0 Å². The van der Waals surface area contributed by atoms with E-state index in [1.807, 2.05) is 0 Å². The van der Waals surface area contributed by atoms with Crippen LogP contribution < -0.4 is 5.32 Å². The van der Waals surface area contributed by atoms with E-state index in [1.165, 1.54) is 22.3 Å². The molecule has 1 unspecified atom stereocenters. The van der Waals surface area contributed by atoms with Gasteiger partial charge in [-0.2, -0.15) is 0 Å². The van der Waals surface area contributed by atoms with Crippen molar-refractivity contribution in [1.29, 1.82) is 0 Å². The summed E-state index contributed by atoms with van der Waals surface area (Å²) in [5.74, 6) is 0. The van der Waals surface area contributed by atoms with Gasteiger partial charge in [0.2, 0.25) is 0 Å². The number of aliphatic hydroxyl groups is 2. The molecule has 3 nitrogen and oxygen atoms in total. The van der Waals surface area contributed by atoms with Crippen LogP contribution in [0.25, 0.3) is 0 Å². The lowest BCUT2D eigenvalue weighted by Crippen LogP contribution is -2.34. The van der Waals surface area contributed by atoms with Crippen LogP contribution in [0.5, 0.6) is 0 Å². The highest BCUT2D eigenvalue weighted by Crippen LogP contribution is 2.16. The largest absolute Gasteiger partial charge is 0.396 e. The zero-order chi connectivity index (χ0) is 13.5. The van der Waals surface area contributed by atoms with Gasteiger partial charge < -0.3 is 15.5 Å². The van der Waals surface area contributed by atoms with E-state index in [0.717, 1.165) is 13.0 Å². The van der Waals surface area contributed by atoms with Gasteiger partial charge in [0.05, 0.1) is 6.61 Å². The predicted octanol–water partition coefficient (Wildman–Crippen LogP) is 1.49. The first-order valence-electron chi connectivity index (χ1n) is 6.60. The van der Waals surface area contributed by atoms with Gasteiger partial charge in [0.15, 0.2) is 0 Å². The highest BCUT2D eigenvalue weighted by molar-refractivity contribution is 5.37. The molecule has 0 aliphatic rings. The smallest absolute Gasteiger partial charge is 0.0585 e. The molecule has 0 radical (unpaired) electrons. The van der Waals surface area contributed by atoms with Crippen molar-refractivity contribution in [3.63, 3.8) is 0 Å². The van der Waals surface area contributed by atoms with Crippen LogP contribution in [-0.2, 0) is 6.42 Å². The molecular formula is C15H25NO2. The Morgan fingerprint density at radius 2 is 1.72 bits per heavy atom. The Hall–Kier alpha value is -0.900. The zero-order valence-corrected chi connectivity index (χ0v) is 11.7. The van der Waals surface area contributed by atoms with Crippen LogP contribution in [0.3, 0.4) is 0 Å². The van der Waals surface area contributed by atoms with E-state index in [-0.39, 0.29) is 19.3 Å². The molecule has 3 heteroatoms. The highest BCUT2D eigenvalue weighted by atomic mass is 16.3. The van der Waals surface area contributed by atoms with Gasteiger partial charge in [0.25, 0.3) is 0 Å². The fourth-order valence-corrected chi connectivity index (χ4v) is 2.42. The molecule has 1 rings (SSSR count). The minimum atomic E-state index is 0.000982.